The Morgan fingerprint density at radius 1 is 1.39 bits per heavy atom. The number of H-pyrrole nitrogens is 2. The third-order valence-corrected chi connectivity index (χ3v) is 3.57. The van der Waals surface area contributed by atoms with Crippen molar-refractivity contribution in [3.63, 3.8) is 0 Å². The molecule has 1 aliphatic rings. The molecule has 18 heavy (non-hydrogen) atoms. The van der Waals surface area contributed by atoms with E-state index in [9.17, 15) is 4.79 Å². The zero-order valence-electron chi connectivity index (χ0n) is 10.2. The fourth-order valence-corrected chi connectivity index (χ4v) is 2.26. The number of benzene rings is 1. The second-order valence-corrected chi connectivity index (χ2v) is 5.06. The highest BCUT2D eigenvalue weighted by atomic mass is 16.1. The predicted molar refractivity (Wildman–Crippen MR) is 69.5 cm³/mol. The first-order valence-electron chi connectivity index (χ1n) is 5.96. The van der Waals surface area contributed by atoms with Gasteiger partial charge in [-0.05, 0) is 31.0 Å². The van der Waals surface area contributed by atoms with Gasteiger partial charge in [-0.3, -0.25) is 0 Å². The maximum Gasteiger partial charge on any atom is 0.323 e. The van der Waals surface area contributed by atoms with Crippen LogP contribution in [0, 0.1) is 16.7 Å². The van der Waals surface area contributed by atoms with Crippen molar-refractivity contribution in [2.45, 2.75) is 12.8 Å². The number of anilines is 1. The highest BCUT2D eigenvalue weighted by molar-refractivity contribution is 5.79. The molecule has 5 nitrogen and oxygen atoms in total. The number of fused-ring (bicyclic) bond motifs is 1. The summed E-state index contributed by atoms with van der Waals surface area (Å²) in [5, 5.41) is 9.10. The van der Waals surface area contributed by atoms with Gasteiger partial charge in [0.1, 0.15) is 0 Å². The molecule has 1 heterocycles. The Hall–Kier alpha value is -2.22. The van der Waals surface area contributed by atoms with E-state index in [1.165, 1.54) is 0 Å². The molecular weight excluding hydrogens is 228 g/mol. The number of nitriles is 1. The lowest BCUT2D eigenvalue weighted by Crippen LogP contribution is -2.25. The van der Waals surface area contributed by atoms with Crippen LogP contribution in [-0.2, 0) is 0 Å². The molecular formula is C13H14N4O. The third-order valence-electron chi connectivity index (χ3n) is 3.57. The van der Waals surface area contributed by atoms with Crippen LogP contribution in [0.1, 0.15) is 12.8 Å². The van der Waals surface area contributed by atoms with Gasteiger partial charge in [0.15, 0.2) is 0 Å². The van der Waals surface area contributed by atoms with Crippen LogP contribution in [0.25, 0.3) is 11.0 Å². The van der Waals surface area contributed by atoms with E-state index in [-0.39, 0.29) is 11.1 Å². The van der Waals surface area contributed by atoms with Crippen LogP contribution in [0.4, 0.5) is 5.69 Å². The normalized spacial score (nSPS) is 16.4. The Labute approximate surface area is 104 Å². The second-order valence-electron chi connectivity index (χ2n) is 5.06. The van der Waals surface area contributed by atoms with Gasteiger partial charge in [-0.1, -0.05) is 0 Å². The van der Waals surface area contributed by atoms with E-state index in [1.54, 1.807) is 0 Å². The molecule has 1 aromatic heterocycles. The van der Waals surface area contributed by atoms with Crippen molar-refractivity contribution in [1.82, 2.24) is 9.97 Å². The lowest BCUT2D eigenvalue weighted by Gasteiger charge is -2.21. The van der Waals surface area contributed by atoms with E-state index in [4.69, 9.17) is 5.26 Å². The predicted octanol–water partition coefficient (Wildman–Crippen LogP) is 1.60. The van der Waals surface area contributed by atoms with Crippen molar-refractivity contribution >= 4 is 16.7 Å². The summed E-state index contributed by atoms with van der Waals surface area (Å²) in [6.45, 7) is 0.740. The molecule has 3 rings (SSSR count). The van der Waals surface area contributed by atoms with Gasteiger partial charge in [0.05, 0.1) is 22.5 Å². The van der Waals surface area contributed by atoms with Gasteiger partial charge in [0, 0.05) is 19.3 Å². The standard InChI is InChI=1S/C13H14N4O/c1-17(8-13(7-14)4-5-13)9-2-3-10-11(6-9)16-12(18)15-10/h2-3,6H,4-5,8H2,1H3,(H2,15,16,18). The van der Waals surface area contributed by atoms with E-state index < -0.39 is 0 Å². The SMILES string of the molecule is CN(CC1(C#N)CC1)c1ccc2[nH]c(=O)[nH]c2c1. The zero-order chi connectivity index (χ0) is 12.8. The molecule has 1 saturated carbocycles. The summed E-state index contributed by atoms with van der Waals surface area (Å²) in [5.41, 5.74) is 2.26. The van der Waals surface area contributed by atoms with Gasteiger partial charge >= 0.3 is 5.69 Å². The molecule has 1 fully saturated rings. The van der Waals surface area contributed by atoms with Crippen LogP contribution >= 0.6 is 0 Å². The molecule has 92 valence electrons. The van der Waals surface area contributed by atoms with E-state index in [0.717, 1.165) is 36.1 Å². The molecule has 1 aromatic carbocycles. The van der Waals surface area contributed by atoms with Crippen molar-refractivity contribution in [1.29, 1.82) is 5.26 Å². The molecule has 0 atom stereocenters. The van der Waals surface area contributed by atoms with Crippen molar-refractivity contribution in [2.24, 2.45) is 5.41 Å². The molecule has 2 aromatic rings. The first-order valence-corrected chi connectivity index (χ1v) is 5.96. The van der Waals surface area contributed by atoms with Crippen LogP contribution in [0.3, 0.4) is 0 Å². The fourth-order valence-electron chi connectivity index (χ4n) is 2.26. The van der Waals surface area contributed by atoms with Gasteiger partial charge in [0.2, 0.25) is 0 Å². The average molecular weight is 242 g/mol. The number of aromatic nitrogens is 2. The van der Waals surface area contributed by atoms with Crippen molar-refractivity contribution < 1.29 is 0 Å². The largest absolute Gasteiger partial charge is 0.373 e. The molecule has 0 bridgehead atoms. The second kappa shape index (κ2) is 3.64. The quantitative estimate of drug-likeness (QED) is 0.858. The molecule has 0 spiro atoms. The summed E-state index contributed by atoms with van der Waals surface area (Å²) in [6.07, 6.45) is 1.97. The summed E-state index contributed by atoms with van der Waals surface area (Å²) >= 11 is 0. The number of hydrogen-bond acceptors (Lipinski definition) is 3. The molecule has 2 N–H and O–H groups in total. The first-order chi connectivity index (χ1) is 8.62. The van der Waals surface area contributed by atoms with E-state index in [0.29, 0.717) is 0 Å². The Morgan fingerprint density at radius 3 is 2.78 bits per heavy atom. The van der Waals surface area contributed by atoms with E-state index >= 15 is 0 Å². The summed E-state index contributed by atoms with van der Waals surface area (Å²) in [5.74, 6) is 0. The Kier molecular flexibility index (Phi) is 2.20. The number of hydrogen-bond donors (Lipinski definition) is 2. The Bertz CT molecular complexity index is 687. The van der Waals surface area contributed by atoms with E-state index in [1.807, 2.05) is 25.2 Å². The summed E-state index contributed by atoms with van der Waals surface area (Å²) in [6, 6.07) is 8.16. The van der Waals surface area contributed by atoms with E-state index in [2.05, 4.69) is 20.9 Å². The van der Waals surface area contributed by atoms with Gasteiger partial charge < -0.3 is 14.9 Å². The molecule has 0 amide bonds. The minimum absolute atomic E-state index is 0.157. The minimum Gasteiger partial charge on any atom is -0.373 e. The number of nitrogens with zero attached hydrogens (tertiary/aromatic N) is 2. The van der Waals surface area contributed by atoms with Crippen molar-refractivity contribution in [3.05, 3.63) is 28.7 Å². The fraction of sp³-hybridized carbons (Fsp3) is 0.385. The topological polar surface area (TPSA) is 75.7 Å². The molecule has 5 heteroatoms. The van der Waals surface area contributed by atoms with Gasteiger partial charge in [0.25, 0.3) is 0 Å². The van der Waals surface area contributed by atoms with Crippen LogP contribution in [0.2, 0.25) is 0 Å². The number of nitrogens with one attached hydrogen (secondary N) is 2. The highest BCUT2D eigenvalue weighted by Crippen LogP contribution is 2.45. The molecule has 0 unspecified atom stereocenters. The van der Waals surface area contributed by atoms with Crippen LogP contribution in [0.5, 0.6) is 0 Å². The molecule has 0 aliphatic heterocycles. The van der Waals surface area contributed by atoms with Gasteiger partial charge in [-0.15, -0.1) is 0 Å². The smallest absolute Gasteiger partial charge is 0.323 e. The minimum atomic E-state index is -0.194. The highest BCUT2D eigenvalue weighted by Gasteiger charge is 2.44. The third kappa shape index (κ3) is 1.76. The first kappa shape index (κ1) is 10.9. The lowest BCUT2D eigenvalue weighted by atomic mass is 10.1. The monoisotopic (exact) mass is 242 g/mol. The maximum absolute atomic E-state index is 11.2. The number of rotatable bonds is 3. The van der Waals surface area contributed by atoms with Crippen molar-refractivity contribution in [3.8, 4) is 6.07 Å². The summed E-state index contributed by atoms with van der Waals surface area (Å²) in [7, 11) is 1.98. The number of imidazole rings is 1. The van der Waals surface area contributed by atoms with Crippen LogP contribution in [-0.4, -0.2) is 23.6 Å². The summed E-state index contributed by atoms with van der Waals surface area (Å²) in [4.78, 5) is 18.7. The molecule has 1 aliphatic carbocycles. The molecule has 0 saturated heterocycles. The average Bonchev–Trinajstić information content (AvgIpc) is 3.01. The Balaban J connectivity index is 1.89. The molecule has 0 radical (unpaired) electrons. The Morgan fingerprint density at radius 2 is 2.11 bits per heavy atom. The summed E-state index contributed by atoms with van der Waals surface area (Å²) < 4.78 is 0. The maximum atomic E-state index is 11.2. The zero-order valence-corrected chi connectivity index (χ0v) is 10.2. The van der Waals surface area contributed by atoms with Crippen molar-refractivity contribution in [2.75, 3.05) is 18.5 Å². The number of aromatic amines is 2. The van der Waals surface area contributed by atoms with Gasteiger partial charge in [-0.2, -0.15) is 5.26 Å². The lowest BCUT2D eigenvalue weighted by molar-refractivity contribution is 0.653. The van der Waals surface area contributed by atoms with Crippen LogP contribution < -0.4 is 10.6 Å². The van der Waals surface area contributed by atoms with Gasteiger partial charge in [-0.25, -0.2) is 4.79 Å². The van der Waals surface area contributed by atoms with Crippen LogP contribution in [0.15, 0.2) is 23.0 Å².